The number of amides is 2. The standard InChI is InChI=1S/C24H21ClF3N3O4/c1-29-23(33)20-11-16(9-10-30-20)35-15-6-3-14(4-7-15)5-8-22(32)31-19-12-17(24(26,27)28)18(25)13-21(19)34-2/h3-4,6-7,9-13H,5,8H2,1-2H3,(H,29,33)(H,31,32). The van der Waals surface area contributed by atoms with E-state index in [4.69, 9.17) is 21.1 Å². The first kappa shape index (κ1) is 25.8. The van der Waals surface area contributed by atoms with Crippen LogP contribution in [0.25, 0.3) is 0 Å². The van der Waals surface area contributed by atoms with Gasteiger partial charge in [-0.05, 0) is 36.2 Å². The minimum atomic E-state index is -4.67. The number of halogens is 4. The molecule has 35 heavy (non-hydrogen) atoms. The van der Waals surface area contributed by atoms with E-state index < -0.39 is 22.7 Å². The Morgan fingerprint density at radius 3 is 2.40 bits per heavy atom. The van der Waals surface area contributed by atoms with Crippen LogP contribution in [0.3, 0.4) is 0 Å². The van der Waals surface area contributed by atoms with Gasteiger partial charge >= 0.3 is 6.18 Å². The number of alkyl halides is 3. The van der Waals surface area contributed by atoms with Crippen LogP contribution in [-0.4, -0.2) is 31.0 Å². The normalized spacial score (nSPS) is 11.0. The molecule has 0 unspecified atom stereocenters. The van der Waals surface area contributed by atoms with Gasteiger partial charge in [0, 0.05) is 31.8 Å². The highest BCUT2D eigenvalue weighted by Crippen LogP contribution is 2.40. The Bertz CT molecular complexity index is 1220. The third kappa shape index (κ3) is 6.86. The van der Waals surface area contributed by atoms with Crippen molar-refractivity contribution >= 4 is 29.1 Å². The Hall–Kier alpha value is -3.79. The number of nitrogens with one attached hydrogen (secondary N) is 2. The summed E-state index contributed by atoms with van der Waals surface area (Å²) in [5.74, 6) is 0.139. The van der Waals surface area contributed by atoms with Gasteiger partial charge in [0.15, 0.2) is 0 Å². The van der Waals surface area contributed by atoms with E-state index in [1.54, 1.807) is 30.3 Å². The van der Waals surface area contributed by atoms with Crippen molar-refractivity contribution in [3.05, 3.63) is 76.6 Å². The molecule has 0 spiro atoms. The van der Waals surface area contributed by atoms with Crippen LogP contribution in [0.5, 0.6) is 17.2 Å². The van der Waals surface area contributed by atoms with Crippen molar-refractivity contribution in [2.24, 2.45) is 0 Å². The van der Waals surface area contributed by atoms with Gasteiger partial charge in [-0.3, -0.25) is 14.6 Å². The molecule has 0 aliphatic carbocycles. The molecule has 0 bridgehead atoms. The third-order valence-electron chi connectivity index (χ3n) is 4.86. The van der Waals surface area contributed by atoms with Crippen molar-refractivity contribution in [3.63, 3.8) is 0 Å². The van der Waals surface area contributed by atoms with Gasteiger partial charge in [-0.2, -0.15) is 13.2 Å². The molecular weight excluding hydrogens is 487 g/mol. The minimum absolute atomic E-state index is 0.0210. The molecule has 1 aromatic heterocycles. The number of pyridine rings is 1. The quantitative estimate of drug-likeness (QED) is 0.421. The molecule has 7 nitrogen and oxygen atoms in total. The molecule has 0 atom stereocenters. The molecular formula is C24H21ClF3N3O4. The summed E-state index contributed by atoms with van der Waals surface area (Å²) in [6.07, 6.45) is -2.86. The number of methoxy groups -OCH3 is 1. The molecule has 3 aromatic rings. The third-order valence-corrected chi connectivity index (χ3v) is 5.17. The van der Waals surface area contributed by atoms with E-state index in [9.17, 15) is 22.8 Å². The number of aryl methyl sites for hydroxylation is 1. The number of nitrogens with zero attached hydrogens (tertiary/aromatic N) is 1. The fraction of sp³-hybridized carbons (Fsp3) is 0.208. The predicted octanol–water partition coefficient (Wildman–Crippen LogP) is 5.49. The Kier molecular flexibility index (Phi) is 8.18. The zero-order chi connectivity index (χ0) is 25.6. The van der Waals surface area contributed by atoms with E-state index in [0.717, 1.165) is 17.7 Å². The summed E-state index contributed by atoms with van der Waals surface area (Å²) in [7, 11) is 2.77. The van der Waals surface area contributed by atoms with Gasteiger partial charge in [-0.25, -0.2) is 0 Å². The summed E-state index contributed by atoms with van der Waals surface area (Å²) < 4.78 is 50.2. The first-order chi connectivity index (χ1) is 16.6. The maximum Gasteiger partial charge on any atom is 0.417 e. The van der Waals surface area contributed by atoms with Crippen molar-refractivity contribution in [1.82, 2.24) is 10.3 Å². The highest BCUT2D eigenvalue weighted by Gasteiger charge is 2.34. The smallest absolute Gasteiger partial charge is 0.417 e. The Morgan fingerprint density at radius 1 is 1.06 bits per heavy atom. The van der Waals surface area contributed by atoms with Crippen molar-refractivity contribution in [1.29, 1.82) is 0 Å². The lowest BCUT2D eigenvalue weighted by molar-refractivity contribution is -0.137. The summed E-state index contributed by atoms with van der Waals surface area (Å²) in [6.45, 7) is 0. The van der Waals surface area contributed by atoms with Gasteiger partial charge in [0.2, 0.25) is 5.91 Å². The molecule has 0 saturated heterocycles. The highest BCUT2D eigenvalue weighted by atomic mass is 35.5. The number of carbonyl (C=O) groups excluding carboxylic acids is 2. The summed E-state index contributed by atoms with van der Waals surface area (Å²) in [5.41, 5.74) is -0.159. The number of anilines is 1. The molecule has 2 aromatic carbocycles. The minimum Gasteiger partial charge on any atom is -0.495 e. The van der Waals surface area contributed by atoms with Gasteiger partial charge in [-0.15, -0.1) is 0 Å². The largest absolute Gasteiger partial charge is 0.495 e. The van der Waals surface area contributed by atoms with Crippen LogP contribution in [0.4, 0.5) is 18.9 Å². The maximum absolute atomic E-state index is 13.1. The summed E-state index contributed by atoms with van der Waals surface area (Å²) in [6, 6.07) is 11.8. The summed E-state index contributed by atoms with van der Waals surface area (Å²) in [5, 5.41) is 4.41. The lowest BCUT2D eigenvalue weighted by Crippen LogP contribution is -2.18. The second kappa shape index (κ2) is 11.1. The van der Waals surface area contributed by atoms with Gasteiger partial charge in [0.25, 0.3) is 5.91 Å². The zero-order valence-electron chi connectivity index (χ0n) is 18.7. The summed E-state index contributed by atoms with van der Waals surface area (Å²) in [4.78, 5) is 28.0. The zero-order valence-corrected chi connectivity index (χ0v) is 19.5. The number of aromatic nitrogens is 1. The molecule has 2 amide bonds. The number of hydrogen-bond donors (Lipinski definition) is 2. The molecule has 11 heteroatoms. The van der Waals surface area contributed by atoms with Gasteiger partial charge in [-0.1, -0.05) is 23.7 Å². The average molecular weight is 508 g/mol. The Morgan fingerprint density at radius 2 is 1.77 bits per heavy atom. The van der Waals surface area contributed by atoms with Crippen LogP contribution < -0.4 is 20.1 Å². The van der Waals surface area contributed by atoms with E-state index in [0.29, 0.717) is 17.9 Å². The van der Waals surface area contributed by atoms with Crippen LogP contribution in [0, 0.1) is 0 Å². The summed E-state index contributed by atoms with van der Waals surface area (Å²) >= 11 is 5.69. The van der Waals surface area contributed by atoms with Crippen LogP contribution in [0.1, 0.15) is 28.0 Å². The van der Waals surface area contributed by atoms with E-state index >= 15 is 0 Å². The number of ether oxygens (including phenoxy) is 2. The molecule has 0 saturated carbocycles. The van der Waals surface area contributed by atoms with E-state index in [1.807, 2.05) is 0 Å². The van der Waals surface area contributed by atoms with Crippen molar-refractivity contribution in [2.75, 3.05) is 19.5 Å². The van der Waals surface area contributed by atoms with Crippen LogP contribution in [0.2, 0.25) is 5.02 Å². The van der Waals surface area contributed by atoms with Crippen LogP contribution in [0.15, 0.2) is 54.7 Å². The van der Waals surface area contributed by atoms with E-state index in [1.165, 1.54) is 26.4 Å². The molecule has 0 aliphatic rings. The van der Waals surface area contributed by atoms with Gasteiger partial charge in [0.05, 0.1) is 23.4 Å². The highest BCUT2D eigenvalue weighted by molar-refractivity contribution is 6.31. The molecule has 184 valence electrons. The topological polar surface area (TPSA) is 89.5 Å². The predicted molar refractivity (Wildman–Crippen MR) is 124 cm³/mol. The monoisotopic (exact) mass is 507 g/mol. The fourth-order valence-electron chi connectivity index (χ4n) is 3.10. The second-order valence-corrected chi connectivity index (χ2v) is 7.69. The lowest BCUT2D eigenvalue weighted by atomic mass is 10.1. The molecule has 0 fully saturated rings. The van der Waals surface area contributed by atoms with E-state index in [2.05, 4.69) is 15.6 Å². The molecule has 1 heterocycles. The maximum atomic E-state index is 13.1. The fourth-order valence-corrected chi connectivity index (χ4v) is 3.36. The average Bonchev–Trinajstić information content (AvgIpc) is 2.83. The lowest BCUT2D eigenvalue weighted by Gasteiger charge is -2.15. The number of rotatable bonds is 8. The molecule has 0 aliphatic heterocycles. The molecule has 3 rings (SSSR count). The molecule has 2 N–H and O–H groups in total. The first-order valence-electron chi connectivity index (χ1n) is 10.3. The second-order valence-electron chi connectivity index (χ2n) is 7.28. The SMILES string of the molecule is CNC(=O)c1cc(Oc2ccc(CCC(=O)Nc3cc(C(F)(F)F)c(Cl)cc3OC)cc2)ccn1. The van der Waals surface area contributed by atoms with Crippen molar-refractivity contribution in [3.8, 4) is 17.2 Å². The Balaban J connectivity index is 1.61. The Labute approximate surface area is 204 Å². The van der Waals surface area contributed by atoms with Crippen LogP contribution in [-0.2, 0) is 17.4 Å². The molecule has 0 radical (unpaired) electrons. The van der Waals surface area contributed by atoms with E-state index in [-0.39, 0.29) is 29.5 Å². The van der Waals surface area contributed by atoms with Crippen molar-refractivity contribution < 1.29 is 32.2 Å². The van der Waals surface area contributed by atoms with Crippen LogP contribution >= 0.6 is 11.6 Å². The van der Waals surface area contributed by atoms with Gasteiger partial charge in [0.1, 0.15) is 22.9 Å². The number of carbonyl (C=O) groups is 2. The van der Waals surface area contributed by atoms with Gasteiger partial charge < -0.3 is 20.1 Å². The number of benzene rings is 2. The van der Waals surface area contributed by atoms with Crippen molar-refractivity contribution in [2.45, 2.75) is 19.0 Å². The first-order valence-corrected chi connectivity index (χ1v) is 10.7. The number of hydrogen-bond acceptors (Lipinski definition) is 5.